The number of esters is 2. The number of quaternary nitrogens is 1. The maximum absolute atomic E-state index is 12.7. The molecule has 0 aliphatic rings. The Kier molecular flexibility index (Phi) is 35.7. The molecule has 0 N–H and O–H groups in total. The Labute approximate surface area is 336 Å². The molecular weight excluding hydrogens is 721 g/mol. The Morgan fingerprint density at radius 3 is 1.54 bits per heavy atom. The van der Waals surface area contributed by atoms with Gasteiger partial charge in [-0.2, -0.15) is 0 Å². The van der Waals surface area contributed by atoms with E-state index in [1.165, 1.54) is 89.9 Å². The van der Waals surface area contributed by atoms with Crippen LogP contribution in [0.25, 0.3) is 0 Å². The molecule has 0 aliphatic heterocycles. The van der Waals surface area contributed by atoms with Gasteiger partial charge in [0.15, 0.2) is 6.10 Å². The minimum atomic E-state index is -3.91. The highest BCUT2D eigenvalue weighted by Crippen LogP contribution is 2.53. The van der Waals surface area contributed by atoms with Gasteiger partial charge >= 0.3 is 18.9 Å². The highest BCUT2D eigenvalue weighted by Gasteiger charge is 2.27. The van der Waals surface area contributed by atoms with Gasteiger partial charge in [0, 0.05) is 24.1 Å². The quantitative estimate of drug-likeness (QED) is 0.0202. The van der Waals surface area contributed by atoms with Crippen molar-refractivity contribution in [2.24, 2.45) is 0 Å². The number of ether oxygens (including phenoxy) is 2. The Hall–Kier alpha value is -1.70. The van der Waals surface area contributed by atoms with E-state index in [2.05, 4.69) is 62.5 Å². The van der Waals surface area contributed by atoms with Crippen molar-refractivity contribution in [1.82, 2.24) is 0 Å². The number of halogens is 1. The van der Waals surface area contributed by atoms with Gasteiger partial charge in [-0.25, -0.2) is 4.57 Å². The molecule has 0 saturated heterocycles. The van der Waals surface area contributed by atoms with Crippen molar-refractivity contribution in [3.05, 3.63) is 48.6 Å². The SMILES string of the molecule is CCCCC/C=C\C/C=C\C/C=C\C/C=C\CCCC(=O)O[C@H](COC(=O)CCCCCCCCCCCCCCC)COP(=O)(Cl)OCC[N+](C)(C)C. The zero-order valence-corrected chi connectivity index (χ0v) is 36.8. The predicted molar refractivity (Wildman–Crippen MR) is 228 cm³/mol. The number of rotatable bonds is 38. The van der Waals surface area contributed by atoms with Gasteiger partial charge in [-0.1, -0.05) is 152 Å². The molecule has 0 spiro atoms. The summed E-state index contributed by atoms with van der Waals surface area (Å²) in [7, 11) is 5.94. The summed E-state index contributed by atoms with van der Waals surface area (Å²) >= 11 is 6.03. The molecule has 8 nitrogen and oxygen atoms in total. The van der Waals surface area contributed by atoms with Crippen LogP contribution in [-0.2, 0) is 32.7 Å². The molecule has 0 aliphatic carbocycles. The number of nitrogens with zero attached hydrogens (tertiary/aromatic N) is 1. The zero-order chi connectivity index (χ0) is 40.0. The smallest absolute Gasteiger partial charge is 0.424 e. The van der Waals surface area contributed by atoms with Gasteiger partial charge in [-0.3, -0.25) is 18.6 Å². The number of allylic oxidation sites excluding steroid dienone is 8. The molecule has 2 atom stereocenters. The molecule has 0 fully saturated rings. The van der Waals surface area contributed by atoms with Crippen LogP contribution < -0.4 is 0 Å². The van der Waals surface area contributed by atoms with E-state index in [1.54, 1.807) is 0 Å². The number of hydrogen-bond donors (Lipinski definition) is 0. The molecule has 0 aromatic rings. The molecule has 54 heavy (non-hydrogen) atoms. The van der Waals surface area contributed by atoms with Gasteiger partial charge in [0.1, 0.15) is 19.8 Å². The van der Waals surface area contributed by atoms with Crippen molar-refractivity contribution < 1.29 is 37.2 Å². The van der Waals surface area contributed by atoms with E-state index in [9.17, 15) is 14.2 Å². The lowest BCUT2D eigenvalue weighted by Gasteiger charge is -2.24. The summed E-state index contributed by atoms with van der Waals surface area (Å²) in [6, 6.07) is 0. The van der Waals surface area contributed by atoms with Gasteiger partial charge in [0.25, 0.3) is 0 Å². The second-order valence-corrected chi connectivity index (χ2v) is 18.0. The van der Waals surface area contributed by atoms with E-state index in [1.807, 2.05) is 21.1 Å². The average molecular weight is 802 g/mol. The van der Waals surface area contributed by atoms with Crippen LogP contribution in [-0.4, -0.2) is 70.0 Å². The second kappa shape index (κ2) is 36.9. The van der Waals surface area contributed by atoms with E-state index in [-0.39, 0.29) is 32.2 Å². The standard InChI is InChI=1S/C44H80ClNO7P/c1-6-8-10-12-14-16-18-20-21-22-23-25-27-29-31-33-35-37-44(48)53-42(41-52-54(45,49)51-39-38-46(3,4)5)40-50-43(47)36-34-32-30-28-26-24-19-17-15-13-11-9-7-2/h14,16,20-21,23,25,29,31,42H,6-13,15,17-19,22,24,26-28,30,32-41H2,1-5H3/q+1/b16-14-,21-20-,25-23-,31-29-/t42-,54?/m1/s1. The third-order valence-corrected chi connectivity index (χ3v) is 10.4. The molecule has 0 aromatic carbocycles. The summed E-state index contributed by atoms with van der Waals surface area (Å²) < 4.78 is 35.0. The number of carbonyl (C=O) groups is 2. The highest BCUT2D eigenvalue weighted by molar-refractivity contribution is 7.81. The van der Waals surface area contributed by atoms with Crippen LogP contribution in [0.15, 0.2) is 48.6 Å². The van der Waals surface area contributed by atoms with Crippen LogP contribution in [0.4, 0.5) is 0 Å². The maximum Gasteiger partial charge on any atom is 0.424 e. The van der Waals surface area contributed by atoms with Crippen LogP contribution in [0.1, 0.15) is 168 Å². The van der Waals surface area contributed by atoms with Crippen LogP contribution in [0, 0.1) is 0 Å². The molecule has 1 unspecified atom stereocenters. The second-order valence-electron chi connectivity index (χ2n) is 15.3. The maximum atomic E-state index is 12.7. The summed E-state index contributed by atoms with van der Waals surface area (Å²) in [5, 5.41) is 0. The van der Waals surface area contributed by atoms with E-state index in [0.29, 0.717) is 23.9 Å². The molecule has 0 bridgehead atoms. The monoisotopic (exact) mass is 801 g/mol. The fourth-order valence-electron chi connectivity index (χ4n) is 5.46. The fourth-order valence-corrected chi connectivity index (χ4v) is 6.56. The minimum absolute atomic E-state index is 0.139. The van der Waals surface area contributed by atoms with Gasteiger partial charge in [0.2, 0.25) is 0 Å². The lowest BCUT2D eigenvalue weighted by molar-refractivity contribution is -0.870. The summed E-state index contributed by atoms with van der Waals surface area (Å²) in [6.45, 7) is 0.778. The van der Waals surface area contributed by atoms with Crippen LogP contribution in [0.3, 0.4) is 0 Å². The minimum Gasteiger partial charge on any atom is -0.462 e. The molecule has 0 rings (SSSR count). The summed E-state index contributed by atoms with van der Waals surface area (Å²) in [5.74, 6) is -0.796. The first-order valence-corrected chi connectivity index (χ1v) is 23.8. The first-order chi connectivity index (χ1) is 26.0. The molecular formula is C44H80ClNO7P+. The highest BCUT2D eigenvalue weighted by atomic mass is 35.7. The number of carbonyl (C=O) groups excluding carboxylic acids is 2. The Balaban J connectivity index is 4.49. The number of unbranched alkanes of at least 4 members (excludes halogenated alkanes) is 16. The molecule has 314 valence electrons. The van der Waals surface area contributed by atoms with Gasteiger partial charge in [-0.15, -0.1) is 0 Å². The lowest BCUT2D eigenvalue weighted by Crippen LogP contribution is -2.37. The Morgan fingerprint density at radius 1 is 0.574 bits per heavy atom. The third-order valence-electron chi connectivity index (χ3n) is 8.84. The van der Waals surface area contributed by atoms with Crippen LogP contribution >= 0.6 is 18.2 Å². The van der Waals surface area contributed by atoms with E-state index < -0.39 is 19.0 Å². The predicted octanol–water partition coefficient (Wildman–Crippen LogP) is 13.2. The lowest BCUT2D eigenvalue weighted by atomic mass is 10.0. The normalized spacial score (nSPS) is 14.1. The fraction of sp³-hybridized carbons (Fsp3) is 0.773. The average Bonchev–Trinajstić information content (AvgIpc) is 3.12. The van der Waals surface area contributed by atoms with E-state index in [4.69, 9.17) is 29.8 Å². The van der Waals surface area contributed by atoms with Crippen molar-refractivity contribution in [1.29, 1.82) is 0 Å². The first-order valence-electron chi connectivity index (χ1n) is 21.3. The van der Waals surface area contributed by atoms with E-state index in [0.717, 1.165) is 44.9 Å². The number of likely N-dealkylation sites (N-methyl/N-ethyl adjacent to an activating group) is 1. The molecule has 10 heteroatoms. The molecule has 0 heterocycles. The van der Waals surface area contributed by atoms with E-state index >= 15 is 0 Å². The van der Waals surface area contributed by atoms with Crippen LogP contribution in [0.2, 0.25) is 0 Å². The van der Waals surface area contributed by atoms with Gasteiger partial charge in [-0.05, 0) is 51.4 Å². The molecule has 0 amide bonds. The molecule has 0 aromatic heterocycles. The molecule has 0 saturated carbocycles. The van der Waals surface area contributed by atoms with Crippen LogP contribution in [0.5, 0.6) is 0 Å². The Morgan fingerprint density at radius 2 is 1.02 bits per heavy atom. The van der Waals surface area contributed by atoms with Crippen molar-refractivity contribution in [3.63, 3.8) is 0 Å². The van der Waals surface area contributed by atoms with Gasteiger partial charge < -0.3 is 14.0 Å². The van der Waals surface area contributed by atoms with Gasteiger partial charge in [0.05, 0.1) is 27.7 Å². The topological polar surface area (TPSA) is 88.1 Å². The third kappa shape index (κ3) is 40.0. The van der Waals surface area contributed by atoms with Crippen molar-refractivity contribution >= 4 is 30.1 Å². The van der Waals surface area contributed by atoms with Crippen molar-refractivity contribution in [3.8, 4) is 0 Å². The van der Waals surface area contributed by atoms with Crippen molar-refractivity contribution in [2.75, 3.05) is 47.5 Å². The molecule has 0 radical (unpaired) electrons. The largest absolute Gasteiger partial charge is 0.462 e. The van der Waals surface area contributed by atoms with Crippen molar-refractivity contribution in [2.45, 2.75) is 174 Å². The summed E-state index contributed by atoms with van der Waals surface area (Å²) in [4.78, 5) is 25.2. The number of hydrogen-bond acceptors (Lipinski definition) is 7. The first kappa shape index (κ1) is 52.3. The summed E-state index contributed by atoms with van der Waals surface area (Å²) in [6.07, 6.45) is 42.0. The zero-order valence-electron chi connectivity index (χ0n) is 35.1. The Bertz CT molecular complexity index is 1070. The summed E-state index contributed by atoms with van der Waals surface area (Å²) in [5.41, 5.74) is 0.